The van der Waals surface area contributed by atoms with Gasteiger partial charge in [-0.05, 0) is 75.7 Å². The van der Waals surface area contributed by atoms with Crippen LogP contribution in [0.2, 0.25) is 10.0 Å². The minimum absolute atomic E-state index is 0.282. The summed E-state index contributed by atoms with van der Waals surface area (Å²) in [5.41, 5.74) is 2.14. The number of carbonyl (C=O) groups is 2. The Hall–Kier alpha value is -2.25. The highest BCUT2D eigenvalue weighted by Gasteiger charge is 2.36. The van der Waals surface area contributed by atoms with E-state index in [1.54, 1.807) is 48.5 Å². The first-order valence-corrected chi connectivity index (χ1v) is 11.5. The highest BCUT2D eigenvalue weighted by atomic mass is 79.9. The second-order valence-corrected chi connectivity index (χ2v) is 9.26. The van der Waals surface area contributed by atoms with Crippen LogP contribution < -0.4 is 9.64 Å². The van der Waals surface area contributed by atoms with Gasteiger partial charge >= 0.3 is 0 Å². The van der Waals surface area contributed by atoms with Crippen LogP contribution in [0.1, 0.15) is 11.1 Å². The lowest BCUT2D eigenvalue weighted by Crippen LogP contribution is -2.27. The van der Waals surface area contributed by atoms with E-state index in [2.05, 4.69) is 15.9 Å². The van der Waals surface area contributed by atoms with Crippen molar-refractivity contribution in [2.45, 2.75) is 6.61 Å². The monoisotopic (exact) mass is 533 g/mol. The third kappa shape index (κ3) is 4.99. The molecule has 4 nitrogen and oxygen atoms in total. The minimum atomic E-state index is -0.338. The van der Waals surface area contributed by atoms with E-state index >= 15 is 0 Å². The van der Waals surface area contributed by atoms with Gasteiger partial charge < -0.3 is 4.74 Å². The van der Waals surface area contributed by atoms with Crippen molar-refractivity contribution in [3.05, 3.63) is 97.3 Å². The number of rotatable bonds is 5. The molecule has 1 aliphatic heterocycles. The summed E-state index contributed by atoms with van der Waals surface area (Å²) in [5, 5.41) is 0.784. The highest BCUT2D eigenvalue weighted by Crippen LogP contribution is 2.36. The van der Waals surface area contributed by atoms with E-state index in [1.807, 2.05) is 24.3 Å². The quantitative estimate of drug-likeness (QED) is 0.316. The molecular formula is C23H14BrCl2NO3S. The average molecular weight is 535 g/mol. The maximum absolute atomic E-state index is 12.7. The Kier molecular flexibility index (Phi) is 6.72. The van der Waals surface area contributed by atoms with Crippen LogP contribution in [0.15, 0.2) is 76.1 Å². The normalized spacial score (nSPS) is 15.1. The fourth-order valence-corrected chi connectivity index (χ4v) is 4.75. The first-order valence-electron chi connectivity index (χ1n) is 9.11. The number of hydrogen-bond acceptors (Lipinski definition) is 4. The zero-order valence-corrected chi connectivity index (χ0v) is 19.8. The van der Waals surface area contributed by atoms with Crippen molar-refractivity contribution < 1.29 is 14.3 Å². The molecule has 0 saturated carbocycles. The SMILES string of the molecule is O=C1S/C(=C\c2ccc(OCc3ccc(Cl)cc3Cl)c(Br)c2)C(=O)N1c1ccccc1. The van der Waals surface area contributed by atoms with Crippen molar-refractivity contribution in [3.8, 4) is 5.75 Å². The molecule has 0 N–H and O–H groups in total. The number of benzene rings is 3. The van der Waals surface area contributed by atoms with Gasteiger partial charge in [0.15, 0.2) is 0 Å². The molecule has 0 aromatic heterocycles. The topological polar surface area (TPSA) is 46.6 Å². The van der Waals surface area contributed by atoms with Crippen molar-refractivity contribution in [3.63, 3.8) is 0 Å². The second kappa shape index (κ2) is 9.49. The Morgan fingerprint density at radius 1 is 1.00 bits per heavy atom. The zero-order valence-electron chi connectivity index (χ0n) is 15.8. The van der Waals surface area contributed by atoms with Gasteiger partial charge in [0.25, 0.3) is 11.1 Å². The van der Waals surface area contributed by atoms with E-state index in [4.69, 9.17) is 27.9 Å². The van der Waals surface area contributed by atoms with Gasteiger partial charge in [-0.15, -0.1) is 0 Å². The molecule has 156 valence electrons. The summed E-state index contributed by atoms with van der Waals surface area (Å²) >= 11 is 16.5. The lowest BCUT2D eigenvalue weighted by molar-refractivity contribution is -0.113. The molecule has 0 aliphatic carbocycles. The van der Waals surface area contributed by atoms with Crippen molar-refractivity contribution in [2.24, 2.45) is 0 Å². The van der Waals surface area contributed by atoms with Crippen LogP contribution >= 0.6 is 50.9 Å². The van der Waals surface area contributed by atoms with Gasteiger partial charge in [-0.3, -0.25) is 9.59 Å². The van der Waals surface area contributed by atoms with E-state index in [1.165, 1.54) is 4.90 Å². The minimum Gasteiger partial charge on any atom is -0.488 e. The van der Waals surface area contributed by atoms with Crippen LogP contribution in [0, 0.1) is 0 Å². The standard InChI is InChI=1S/C23H14BrCl2NO3S/c24-18-10-14(6-9-20(18)30-13-15-7-8-16(25)12-19(15)26)11-21-22(28)27(23(29)31-21)17-4-2-1-3-5-17/h1-12H,13H2/b21-11-. The van der Waals surface area contributed by atoms with Crippen LogP contribution in [-0.4, -0.2) is 11.1 Å². The molecule has 0 bridgehead atoms. The summed E-state index contributed by atoms with van der Waals surface area (Å²) in [6.45, 7) is 0.282. The Morgan fingerprint density at radius 3 is 2.48 bits per heavy atom. The molecule has 2 amide bonds. The number of nitrogens with zero attached hydrogens (tertiary/aromatic N) is 1. The van der Waals surface area contributed by atoms with Crippen molar-refractivity contribution in [1.29, 1.82) is 0 Å². The number of carbonyl (C=O) groups excluding carboxylic acids is 2. The molecule has 31 heavy (non-hydrogen) atoms. The third-order valence-electron chi connectivity index (χ3n) is 4.46. The van der Waals surface area contributed by atoms with E-state index in [0.29, 0.717) is 30.9 Å². The highest BCUT2D eigenvalue weighted by molar-refractivity contribution is 9.10. The maximum atomic E-state index is 12.7. The number of halogens is 3. The maximum Gasteiger partial charge on any atom is 0.298 e. The van der Waals surface area contributed by atoms with Gasteiger partial charge in [0.1, 0.15) is 12.4 Å². The summed E-state index contributed by atoms with van der Waals surface area (Å²) in [6, 6.07) is 19.6. The summed E-state index contributed by atoms with van der Waals surface area (Å²) in [7, 11) is 0. The summed E-state index contributed by atoms with van der Waals surface area (Å²) in [4.78, 5) is 26.6. The Bertz CT molecular complexity index is 1200. The van der Waals surface area contributed by atoms with Crippen LogP contribution in [-0.2, 0) is 11.4 Å². The number of thioether (sulfide) groups is 1. The van der Waals surface area contributed by atoms with Gasteiger partial charge in [-0.1, -0.05) is 53.5 Å². The molecule has 1 heterocycles. The first kappa shape index (κ1) is 22.0. The first-order chi connectivity index (χ1) is 14.9. The smallest absolute Gasteiger partial charge is 0.298 e. The zero-order chi connectivity index (χ0) is 22.0. The van der Waals surface area contributed by atoms with Crippen LogP contribution in [0.25, 0.3) is 6.08 Å². The molecular weight excluding hydrogens is 521 g/mol. The third-order valence-corrected chi connectivity index (χ3v) is 6.54. The van der Waals surface area contributed by atoms with Gasteiger partial charge in [-0.25, -0.2) is 4.90 Å². The van der Waals surface area contributed by atoms with Gasteiger partial charge in [0, 0.05) is 15.6 Å². The predicted octanol–water partition coefficient (Wildman–Crippen LogP) is 7.58. The number of anilines is 1. The molecule has 0 atom stereocenters. The van der Waals surface area contributed by atoms with Crippen LogP contribution in [0.5, 0.6) is 5.75 Å². The lowest BCUT2D eigenvalue weighted by atomic mass is 10.2. The van der Waals surface area contributed by atoms with Crippen molar-refractivity contribution >= 4 is 73.8 Å². The number of imide groups is 1. The van der Waals surface area contributed by atoms with Gasteiger partial charge in [0.2, 0.25) is 0 Å². The Morgan fingerprint density at radius 2 is 1.77 bits per heavy atom. The number of para-hydroxylation sites is 1. The van der Waals surface area contributed by atoms with Gasteiger partial charge in [0.05, 0.1) is 15.1 Å². The molecule has 1 saturated heterocycles. The fraction of sp³-hybridized carbons (Fsp3) is 0.0435. The van der Waals surface area contributed by atoms with Gasteiger partial charge in [-0.2, -0.15) is 0 Å². The Balaban J connectivity index is 1.50. The summed E-state index contributed by atoms with van der Waals surface area (Å²) < 4.78 is 6.57. The molecule has 3 aromatic rings. The summed E-state index contributed by atoms with van der Waals surface area (Å²) in [6.07, 6.45) is 1.69. The van der Waals surface area contributed by atoms with Crippen molar-refractivity contribution in [1.82, 2.24) is 0 Å². The average Bonchev–Trinajstić information content (AvgIpc) is 3.02. The molecule has 8 heteroatoms. The van der Waals surface area contributed by atoms with Crippen molar-refractivity contribution in [2.75, 3.05) is 4.90 Å². The van der Waals surface area contributed by atoms with Crippen LogP contribution in [0.3, 0.4) is 0 Å². The lowest BCUT2D eigenvalue weighted by Gasteiger charge is -2.11. The molecule has 3 aromatic carbocycles. The number of ether oxygens (including phenoxy) is 1. The largest absolute Gasteiger partial charge is 0.488 e. The van der Waals surface area contributed by atoms with E-state index in [0.717, 1.165) is 22.9 Å². The number of amides is 2. The fourth-order valence-electron chi connectivity index (χ4n) is 2.94. The van der Waals surface area contributed by atoms with E-state index in [9.17, 15) is 9.59 Å². The van der Waals surface area contributed by atoms with E-state index < -0.39 is 0 Å². The molecule has 1 aliphatic rings. The molecule has 1 fully saturated rings. The molecule has 0 spiro atoms. The van der Waals surface area contributed by atoms with E-state index in [-0.39, 0.29) is 17.8 Å². The molecule has 0 unspecified atom stereocenters. The predicted molar refractivity (Wildman–Crippen MR) is 130 cm³/mol. The molecule has 4 rings (SSSR count). The number of hydrogen-bond donors (Lipinski definition) is 0. The Labute approximate surface area is 201 Å². The van der Waals surface area contributed by atoms with Crippen LogP contribution in [0.4, 0.5) is 10.5 Å². The molecule has 0 radical (unpaired) electrons. The second-order valence-electron chi connectivity index (χ2n) is 6.57. The summed E-state index contributed by atoms with van der Waals surface area (Å²) in [5.74, 6) is 0.288.